The van der Waals surface area contributed by atoms with Crippen LogP contribution in [0.5, 0.6) is 0 Å². The zero-order chi connectivity index (χ0) is 16.2. The van der Waals surface area contributed by atoms with Gasteiger partial charge in [-0.05, 0) is 30.6 Å². The standard InChI is InChI=1S/C17H34N2O2S/c1-14-8-15(10-17(2,3)9-14)21-12-16(22)11-18-4-6-19(13-20)7-5-18/h14-16,20,22H,4-13H2,1-3H3/t14-,15+,16+/m1/s1. The zero-order valence-electron chi connectivity index (χ0n) is 14.5. The molecule has 0 aromatic rings. The van der Waals surface area contributed by atoms with Crippen LogP contribution < -0.4 is 0 Å². The summed E-state index contributed by atoms with van der Waals surface area (Å²) in [6, 6.07) is 0. The highest BCUT2D eigenvalue weighted by molar-refractivity contribution is 7.81. The van der Waals surface area contributed by atoms with Gasteiger partial charge in [-0.3, -0.25) is 9.80 Å². The number of hydrogen-bond donors (Lipinski definition) is 2. The Morgan fingerprint density at radius 2 is 1.82 bits per heavy atom. The minimum atomic E-state index is 0.177. The van der Waals surface area contributed by atoms with E-state index in [1.54, 1.807) is 0 Å². The van der Waals surface area contributed by atoms with Crippen molar-refractivity contribution in [1.29, 1.82) is 0 Å². The van der Waals surface area contributed by atoms with Gasteiger partial charge in [0.1, 0.15) is 0 Å². The Morgan fingerprint density at radius 1 is 1.18 bits per heavy atom. The van der Waals surface area contributed by atoms with Crippen molar-refractivity contribution < 1.29 is 9.84 Å². The molecule has 2 fully saturated rings. The van der Waals surface area contributed by atoms with Crippen LogP contribution in [0.2, 0.25) is 0 Å². The van der Waals surface area contributed by atoms with Crippen LogP contribution in [0.4, 0.5) is 0 Å². The average Bonchev–Trinajstić information content (AvgIpc) is 2.44. The van der Waals surface area contributed by atoms with Gasteiger partial charge in [0.25, 0.3) is 0 Å². The molecule has 0 amide bonds. The van der Waals surface area contributed by atoms with E-state index in [0.717, 1.165) is 45.2 Å². The molecule has 1 aliphatic carbocycles. The van der Waals surface area contributed by atoms with Crippen molar-refractivity contribution in [1.82, 2.24) is 9.80 Å². The van der Waals surface area contributed by atoms with E-state index in [0.29, 0.717) is 11.5 Å². The third kappa shape index (κ3) is 6.00. The fourth-order valence-electron chi connectivity index (χ4n) is 4.10. The van der Waals surface area contributed by atoms with E-state index in [-0.39, 0.29) is 12.0 Å². The van der Waals surface area contributed by atoms with Crippen LogP contribution in [-0.2, 0) is 4.74 Å². The molecule has 1 N–H and O–H groups in total. The Morgan fingerprint density at radius 3 is 2.41 bits per heavy atom. The van der Waals surface area contributed by atoms with E-state index in [9.17, 15) is 0 Å². The normalized spacial score (nSPS) is 32.0. The summed E-state index contributed by atoms with van der Waals surface area (Å²) in [7, 11) is 0. The second-order valence-corrected chi connectivity index (χ2v) is 8.81. The van der Waals surface area contributed by atoms with Gasteiger partial charge >= 0.3 is 0 Å². The number of ether oxygens (including phenoxy) is 1. The van der Waals surface area contributed by atoms with Crippen molar-refractivity contribution in [3.8, 4) is 0 Å². The number of piperazine rings is 1. The maximum Gasteiger partial charge on any atom is 0.0957 e. The van der Waals surface area contributed by atoms with Crippen molar-refractivity contribution in [3.63, 3.8) is 0 Å². The molecule has 2 aliphatic rings. The second-order valence-electron chi connectivity index (χ2n) is 8.08. The third-order valence-corrected chi connectivity index (χ3v) is 5.32. The highest BCUT2D eigenvalue weighted by Crippen LogP contribution is 2.39. The molecule has 1 heterocycles. The summed E-state index contributed by atoms with van der Waals surface area (Å²) in [5.74, 6) is 0.763. The smallest absolute Gasteiger partial charge is 0.0957 e. The molecule has 1 aliphatic heterocycles. The van der Waals surface area contributed by atoms with Crippen molar-refractivity contribution in [3.05, 3.63) is 0 Å². The van der Waals surface area contributed by atoms with Gasteiger partial charge in [-0.15, -0.1) is 0 Å². The Kier molecular flexibility index (Phi) is 7.02. The van der Waals surface area contributed by atoms with Crippen molar-refractivity contribution in [2.24, 2.45) is 11.3 Å². The maximum absolute atomic E-state index is 9.12. The summed E-state index contributed by atoms with van der Waals surface area (Å²) >= 11 is 4.72. The molecule has 0 unspecified atom stereocenters. The third-order valence-electron chi connectivity index (χ3n) is 5.00. The van der Waals surface area contributed by atoms with Crippen LogP contribution in [0.15, 0.2) is 0 Å². The number of thiol groups is 1. The molecule has 0 spiro atoms. The quantitative estimate of drug-likeness (QED) is 0.731. The minimum Gasteiger partial charge on any atom is -0.381 e. The van der Waals surface area contributed by atoms with Crippen LogP contribution >= 0.6 is 12.6 Å². The number of rotatable bonds is 6. The molecule has 3 atom stereocenters. The van der Waals surface area contributed by atoms with E-state index < -0.39 is 0 Å². The molecule has 130 valence electrons. The molecule has 2 rings (SSSR count). The van der Waals surface area contributed by atoms with Gasteiger partial charge in [-0.25, -0.2) is 0 Å². The van der Waals surface area contributed by atoms with E-state index >= 15 is 0 Å². The predicted molar refractivity (Wildman–Crippen MR) is 94.4 cm³/mol. The van der Waals surface area contributed by atoms with Gasteiger partial charge in [0.05, 0.1) is 19.4 Å². The van der Waals surface area contributed by atoms with Crippen LogP contribution in [-0.4, -0.2) is 72.3 Å². The molecule has 22 heavy (non-hydrogen) atoms. The van der Waals surface area contributed by atoms with Gasteiger partial charge in [-0.2, -0.15) is 12.6 Å². The van der Waals surface area contributed by atoms with Gasteiger partial charge < -0.3 is 9.84 Å². The molecule has 1 saturated heterocycles. The van der Waals surface area contributed by atoms with Crippen molar-refractivity contribution >= 4 is 12.6 Å². The lowest BCUT2D eigenvalue weighted by molar-refractivity contribution is -0.0250. The molecule has 0 bridgehead atoms. The van der Waals surface area contributed by atoms with Crippen molar-refractivity contribution in [2.75, 3.05) is 46.1 Å². The topological polar surface area (TPSA) is 35.9 Å². The fourth-order valence-corrected chi connectivity index (χ4v) is 4.41. The summed E-state index contributed by atoms with van der Waals surface area (Å²) < 4.78 is 6.18. The minimum absolute atomic E-state index is 0.177. The molecule has 0 aromatic heterocycles. The van der Waals surface area contributed by atoms with E-state index in [1.165, 1.54) is 19.3 Å². The summed E-state index contributed by atoms with van der Waals surface area (Å²) in [6.45, 7) is 12.9. The first kappa shape index (κ1) is 18.5. The summed E-state index contributed by atoms with van der Waals surface area (Å²) in [6.07, 6.45) is 4.08. The van der Waals surface area contributed by atoms with Crippen LogP contribution in [0, 0.1) is 11.3 Å². The number of hydrogen-bond acceptors (Lipinski definition) is 5. The number of nitrogens with zero attached hydrogens (tertiary/aromatic N) is 2. The summed E-state index contributed by atoms with van der Waals surface area (Å²) in [4.78, 5) is 4.51. The van der Waals surface area contributed by atoms with E-state index in [1.807, 2.05) is 0 Å². The van der Waals surface area contributed by atoms with Gasteiger partial charge in [-0.1, -0.05) is 20.8 Å². The maximum atomic E-state index is 9.12. The van der Waals surface area contributed by atoms with Gasteiger partial charge in [0, 0.05) is 38.0 Å². The zero-order valence-corrected chi connectivity index (χ0v) is 15.4. The first-order chi connectivity index (χ1) is 10.4. The van der Waals surface area contributed by atoms with E-state index in [4.69, 9.17) is 22.5 Å². The number of aliphatic hydroxyl groups is 1. The van der Waals surface area contributed by atoms with Gasteiger partial charge in [0.15, 0.2) is 0 Å². The lowest BCUT2D eigenvalue weighted by Gasteiger charge is -2.39. The largest absolute Gasteiger partial charge is 0.381 e. The molecule has 4 nitrogen and oxygen atoms in total. The van der Waals surface area contributed by atoms with Crippen LogP contribution in [0.1, 0.15) is 40.0 Å². The molecular weight excluding hydrogens is 296 g/mol. The SMILES string of the molecule is C[C@@H]1C[C@H](OC[C@@H](S)CN2CCN(CO)CC2)CC(C)(C)C1. The lowest BCUT2D eigenvalue weighted by atomic mass is 9.71. The summed E-state index contributed by atoms with van der Waals surface area (Å²) in [5, 5.41) is 9.40. The van der Waals surface area contributed by atoms with Crippen molar-refractivity contribution in [2.45, 2.75) is 51.4 Å². The molecule has 0 aromatic carbocycles. The highest BCUT2D eigenvalue weighted by atomic mass is 32.1. The summed E-state index contributed by atoms with van der Waals surface area (Å²) in [5.41, 5.74) is 0.412. The molecule has 1 saturated carbocycles. The lowest BCUT2D eigenvalue weighted by Crippen LogP contribution is -2.48. The molecule has 5 heteroatoms. The van der Waals surface area contributed by atoms with E-state index in [2.05, 4.69) is 30.6 Å². The van der Waals surface area contributed by atoms with Crippen LogP contribution in [0.3, 0.4) is 0 Å². The predicted octanol–water partition coefficient (Wildman–Crippen LogP) is 2.08. The second kappa shape index (κ2) is 8.34. The average molecular weight is 331 g/mol. The Balaban J connectivity index is 1.66. The van der Waals surface area contributed by atoms with Crippen LogP contribution in [0.25, 0.3) is 0 Å². The Bertz CT molecular complexity index is 333. The fraction of sp³-hybridized carbons (Fsp3) is 1.00. The molecule has 0 radical (unpaired) electrons. The monoisotopic (exact) mass is 330 g/mol. The Labute approximate surface area is 141 Å². The first-order valence-electron chi connectivity index (χ1n) is 8.73. The Hall–Kier alpha value is 0.190. The number of aliphatic hydroxyl groups excluding tert-OH is 1. The molecular formula is C17H34N2O2S. The first-order valence-corrected chi connectivity index (χ1v) is 9.25. The highest BCUT2D eigenvalue weighted by Gasteiger charge is 2.32. The van der Waals surface area contributed by atoms with Gasteiger partial charge in [0.2, 0.25) is 0 Å².